The van der Waals surface area contributed by atoms with Crippen LogP contribution in [0.5, 0.6) is 0 Å². The fraction of sp³-hybridized carbons (Fsp3) is 0.308. The van der Waals surface area contributed by atoms with Crippen molar-refractivity contribution in [1.82, 2.24) is 10.3 Å². The first-order valence-corrected chi connectivity index (χ1v) is 7.24. The Labute approximate surface area is 114 Å². The van der Waals surface area contributed by atoms with Gasteiger partial charge in [-0.2, -0.15) is 0 Å². The lowest BCUT2D eigenvalue weighted by molar-refractivity contribution is 0.560. The highest BCUT2D eigenvalue weighted by molar-refractivity contribution is 9.10. The highest BCUT2D eigenvalue weighted by Gasteiger charge is 2.09. The number of pyridine rings is 1. The van der Waals surface area contributed by atoms with Crippen molar-refractivity contribution >= 4 is 27.3 Å². The van der Waals surface area contributed by atoms with Gasteiger partial charge in [0, 0.05) is 33.2 Å². The van der Waals surface area contributed by atoms with E-state index in [0.717, 1.165) is 12.8 Å². The molecule has 0 amide bonds. The van der Waals surface area contributed by atoms with Gasteiger partial charge in [0.05, 0.1) is 0 Å². The summed E-state index contributed by atoms with van der Waals surface area (Å²) in [5.74, 6) is 0. The third-order valence-corrected chi connectivity index (χ3v) is 4.43. The van der Waals surface area contributed by atoms with Crippen LogP contribution in [0.4, 0.5) is 0 Å². The van der Waals surface area contributed by atoms with Crippen LogP contribution < -0.4 is 5.32 Å². The lowest BCUT2D eigenvalue weighted by Gasteiger charge is -2.15. The monoisotopic (exact) mass is 310 g/mol. The summed E-state index contributed by atoms with van der Waals surface area (Å²) in [7, 11) is 2.02. The maximum absolute atomic E-state index is 4.04. The summed E-state index contributed by atoms with van der Waals surface area (Å²) in [6, 6.07) is 6.83. The zero-order valence-corrected chi connectivity index (χ0v) is 12.1. The van der Waals surface area contributed by atoms with Gasteiger partial charge in [0.1, 0.15) is 0 Å². The van der Waals surface area contributed by atoms with Crippen LogP contribution in [0.15, 0.2) is 40.4 Å². The fourth-order valence-corrected chi connectivity index (χ4v) is 3.32. The van der Waals surface area contributed by atoms with Gasteiger partial charge in [-0.3, -0.25) is 4.98 Å². The minimum atomic E-state index is 0.475. The van der Waals surface area contributed by atoms with Gasteiger partial charge in [-0.15, -0.1) is 11.3 Å². The predicted octanol–water partition coefficient (Wildman–Crippen LogP) is 3.28. The van der Waals surface area contributed by atoms with Crippen LogP contribution in [0.3, 0.4) is 0 Å². The van der Waals surface area contributed by atoms with Crippen molar-refractivity contribution in [3.05, 3.63) is 50.9 Å². The van der Waals surface area contributed by atoms with Crippen molar-refractivity contribution in [2.75, 3.05) is 7.05 Å². The third kappa shape index (κ3) is 3.91. The first-order valence-electron chi connectivity index (χ1n) is 5.57. The molecule has 4 heteroatoms. The largest absolute Gasteiger partial charge is 0.316 e. The molecule has 17 heavy (non-hydrogen) atoms. The van der Waals surface area contributed by atoms with E-state index < -0.39 is 0 Å². The highest BCUT2D eigenvalue weighted by Crippen LogP contribution is 2.21. The van der Waals surface area contributed by atoms with Gasteiger partial charge in [-0.05, 0) is 59.6 Å². The Balaban J connectivity index is 1.98. The van der Waals surface area contributed by atoms with Crippen LogP contribution >= 0.6 is 27.3 Å². The number of hydrogen-bond donors (Lipinski definition) is 1. The molecular formula is C13H15BrN2S. The van der Waals surface area contributed by atoms with Crippen molar-refractivity contribution < 1.29 is 0 Å². The lowest BCUT2D eigenvalue weighted by atomic mass is 10.0. The van der Waals surface area contributed by atoms with E-state index >= 15 is 0 Å². The van der Waals surface area contributed by atoms with E-state index in [1.165, 1.54) is 14.9 Å². The smallest absolute Gasteiger partial charge is 0.0285 e. The molecule has 0 radical (unpaired) electrons. The number of nitrogens with zero attached hydrogens (tertiary/aromatic N) is 1. The van der Waals surface area contributed by atoms with Crippen molar-refractivity contribution in [2.45, 2.75) is 18.9 Å². The number of likely N-dealkylation sites (N-methyl/N-ethyl adjacent to an activating group) is 1. The third-order valence-electron chi connectivity index (χ3n) is 2.71. The second-order valence-electron chi connectivity index (χ2n) is 3.98. The molecule has 90 valence electrons. The van der Waals surface area contributed by atoms with Crippen molar-refractivity contribution in [3.8, 4) is 0 Å². The van der Waals surface area contributed by atoms with E-state index in [2.05, 4.69) is 49.8 Å². The molecule has 1 unspecified atom stereocenters. The first kappa shape index (κ1) is 12.7. The average Bonchev–Trinajstić information content (AvgIpc) is 2.75. The Hall–Kier alpha value is -0.710. The zero-order chi connectivity index (χ0) is 12.1. The highest BCUT2D eigenvalue weighted by atomic mass is 79.9. The molecule has 0 aliphatic rings. The van der Waals surface area contributed by atoms with Crippen molar-refractivity contribution in [1.29, 1.82) is 0 Å². The number of aromatic nitrogens is 1. The summed E-state index contributed by atoms with van der Waals surface area (Å²) in [5, 5.41) is 5.51. The van der Waals surface area contributed by atoms with Gasteiger partial charge in [0.15, 0.2) is 0 Å². The Morgan fingerprint density at radius 2 is 2.12 bits per heavy atom. The summed E-state index contributed by atoms with van der Waals surface area (Å²) >= 11 is 5.30. The molecule has 0 bridgehead atoms. The zero-order valence-electron chi connectivity index (χ0n) is 9.69. The quantitative estimate of drug-likeness (QED) is 0.916. The van der Waals surface area contributed by atoms with Gasteiger partial charge in [0.2, 0.25) is 0 Å². The molecule has 1 atom stereocenters. The van der Waals surface area contributed by atoms with E-state index in [4.69, 9.17) is 0 Å². The standard InChI is InChI=1S/C13H15BrN2S/c1-15-12(6-10-2-4-16-5-3-10)8-13-7-11(14)9-17-13/h2-5,7,9,12,15H,6,8H2,1H3. The molecule has 2 rings (SSSR count). The predicted molar refractivity (Wildman–Crippen MR) is 76.5 cm³/mol. The minimum absolute atomic E-state index is 0.475. The molecule has 2 nitrogen and oxygen atoms in total. The molecule has 0 aromatic carbocycles. The number of rotatable bonds is 5. The minimum Gasteiger partial charge on any atom is -0.316 e. The molecule has 2 heterocycles. The summed E-state index contributed by atoms with van der Waals surface area (Å²) in [5.41, 5.74) is 1.33. The average molecular weight is 311 g/mol. The molecule has 1 N–H and O–H groups in total. The Kier molecular flexibility index (Phi) is 4.71. The lowest BCUT2D eigenvalue weighted by Crippen LogP contribution is -2.29. The first-order chi connectivity index (χ1) is 8.28. The molecular weight excluding hydrogens is 296 g/mol. The molecule has 0 saturated heterocycles. The van der Waals surface area contributed by atoms with Gasteiger partial charge < -0.3 is 5.32 Å². The fourth-order valence-electron chi connectivity index (χ4n) is 1.78. The molecule has 0 spiro atoms. The summed E-state index contributed by atoms with van der Waals surface area (Å²) < 4.78 is 1.18. The summed E-state index contributed by atoms with van der Waals surface area (Å²) in [4.78, 5) is 5.45. The number of halogens is 1. The van der Waals surface area contributed by atoms with Gasteiger partial charge in [-0.1, -0.05) is 0 Å². The van der Waals surface area contributed by atoms with Crippen molar-refractivity contribution in [3.63, 3.8) is 0 Å². The maximum atomic E-state index is 4.04. The number of hydrogen-bond acceptors (Lipinski definition) is 3. The maximum Gasteiger partial charge on any atom is 0.0285 e. The molecule has 0 aliphatic carbocycles. The molecule has 2 aromatic heterocycles. The van der Waals surface area contributed by atoms with E-state index in [0.29, 0.717) is 6.04 Å². The topological polar surface area (TPSA) is 24.9 Å². The van der Waals surface area contributed by atoms with Gasteiger partial charge >= 0.3 is 0 Å². The molecule has 0 aliphatic heterocycles. The van der Waals surface area contributed by atoms with Crippen LogP contribution in [0.2, 0.25) is 0 Å². The summed E-state index contributed by atoms with van der Waals surface area (Å²) in [6.45, 7) is 0. The van der Waals surface area contributed by atoms with Crippen LogP contribution in [-0.4, -0.2) is 18.1 Å². The van der Waals surface area contributed by atoms with E-state index in [1.54, 1.807) is 11.3 Å². The van der Waals surface area contributed by atoms with Crippen LogP contribution in [0.25, 0.3) is 0 Å². The second-order valence-corrected chi connectivity index (χ2v) is 5.89. The van der Waals surface area contributed by atoms with Crippen LogP contribution in [0, 0.1) is 0 Å². The van der Waals surface area contributed by atoms with Crippen LogP contribution in [0.1, 0.15) is 10.4 Å². The van der Waals surface area contributed by atoms with E-state index in [1.807, 2.05) is 19.4 Å². The number of nitrogens with one attached hydrogen (secondary N) is 1. The van der Waals surface area contributed by atoms with Gasteiger partial charge in [-0.25, -0.2) is 0 Å². The van der Waals surface area contributed by atoms with Crippen LogP contribution in [-0.2, 0) is 12.8 Å². The normalized spacial score (nSPS) is 12.6. The Morgan fingerprint density at radius 3 is 2.71 bits per heavy atom. The molecule has 2 aromatic rings. The SMILES string of the molecule is CNC(Cc1ccncc1)Cc1cc(Br)cs1. The molecule has 0 fully saturated rings. The Morgan fingerprint density at radius 1 is 1.35 bits per heavy atom. The van der Waals surface area contributed by atoms with Gasteiger partial charge in [0.25, 0.3) is 0 Å². The van der Waals surface area contributed by atoms with Crippen molar-refractivity contribution in [2.24, 2.45) is 0 Å². The second kappa shape index (κ2) is 6.28. The number of thiophene rings is 1. The Bertz CT molecular complexity index is 455. The van der Waals surface area contributed by atoms with E-state index in [9.17, 15) is 0 Å². The van der Waals surface area contributed by atoms with E-state index in [-0.39, 0.29) is 0 Å². The molecule has 0 saturated carbocycles. The summed E-state index contributed by atoms with van der Waals surface area (Å²) in [6.07, 6.45) is 5.80.